The number of rotatable bonds is 7. The zero-order chi connectivity index (χ0) is 15.3. The van der Waals surface area contributed by atoms with E-state index in [2.05, 4.69) is 9.71 Å². The molecule has 1 aromatic carbocycles. The van der Waals surface area contributed by atoms with Crippen molar-refractivity contribution in [2.45, 2.75) is 11.4 Å². The minimum atomic E-state index is -3.68. The van der Waals surface area contributed by atoms with Gasteiger partial charge >= 0.3 is 0 Å². The first-order valence-corrected chi connectivity index (χ1v) is 7.72. The van der Waals surface area contributed by atoms with Crippen LogP contribution in [0.25, 0.3) is 0 Å². The monoisotopic (exact) mass is 311 g/mol. The van der Waals surface area contributed by atoms with Crippen molar-refractivity contribution in [1.82, 2.24) is 14.3 Å². The fraction of sp³-hybridized carbons (Fsp3) is 0.308. The number of nitrogens with zero attached hydrogens (tertiary/aromatic N) is 2. The Labute approximate surface area is 123 Å². The third kappa shape index (κ3) is 3.73. The molecule has 1 aromatic heterocycles. The fourth-order valence-electron chi connectivity index (χ4n) is 1.80. The first-order valence-electron chi connectivity index (χ1n) is 6.24. The number of hydrogen-bond donors (Lipinski definition) is 1. The summed E-state index contributed by atoms with van der Waals surface area (Å²) in [5.41, 5.74) is 0. The quantitative estimate of drug-likeness (QED) is 0.821. The van der Waals surface area contributed by atoms with Crippen molar-refractivity contribution >= 4 is 10.0 Å². The zero-order valence-electron chi connectivity index (χ0n) is 11.8. The summed E-state index contributed by atoms with van der Waals surface area (Å²) >= 11 is 0. The van der Waals surface area contributed by atoms with E-state index in [4.69, 9.17) is 9.47 Å². The minimum Gasteiger partial charge on any atom is -0.497 e. The Bertz CT molecular complexity index is 683. The average Bonchev–Trinajstić information content (AvgIpc) is 2.99. The van der Waals surface area contributed by atoms with Crippen LogP contribution >= 0.6 is 0 Å². The highest BCUT2D eigenvalue weighted by molar-refractivity contribution is 7.89. The van der Waals surface area contributed by atoms with E-state index < -0.39 is 10.0 Å². The SMILES string of the molecule is COc1ccc(OC)c(S(=O)(=O)NCCn2ccnc2)c1. The maximum atomic E-state index is 12.3. The lowest BCUT2D eigenvalue weighted by Gasteiger charge is -2.12. The molecule has 114 valence electrons. The van der Waals surface area contributed by atoms with Gasteiger partial charge in [0, 0.05) is 31.5 Å². The summed E-state index contributed by atoms with van der Waals surface area (Å²) in [5, 5.41) is 0. The summed E-state index contributed by atoms with van der Waals surface area (Å²) in [5.74, 6) is 0.719. The van der Waals surface area contributed by atoms with Crippen LogP contribution < -0.4 is 14.2 Å². The van der Waals surface area contributed by atoms with Gasteiger partial charge in [0.1, 0.15) is 16.4 Å². The molecule has 0 aliphatic carbocycles. The van der Waals surface area contributed by atoms with Crippen molar-refractivity contribution in [1.29, 1.82) is 0 Å². The molecule has 0 atom stereocenters. The smallest absolute Gasteiger partial charge is 0.244 e. The van der Waals surface area contributed by atoms with E-state index in [1.165, 1.54) is 20.3 Å². The van der Waals surface area contributed by atoms with Crippen LogP contribution in [-0.4, -0.2) is 38.7 Å². The van der Waals surface area contributed by atoms with E-state index in [9.17, 15) is 8.42 Å². The van der Waals surface area contributed by atoms with Gasteiger partial charge in [0.05, 0.1) is 20.5 Å². The van der Waals surface area contributed by atoms with Crippen molar-refractivity contribution in [3.63, 3.8) is 0 Å². The molecule has 21 heavy (non-hydrogen) atoms. The van der Waals surface area contributed by atoms with E-state index in [1.807, 2.05) is 0 Å². The Hall–Kier alpha value is -2.06. The molecule has 0 spiro atoms. The van der Waals surface area contributed by atoms with Crippen LogP contribution in [0, 0.1) is 0 Å². The summed E-state index contributed by atoms with van der Waals surface area (Å²) in [6.07, 6.45) is 5.03. The molecule has 1 N–H and O–H groups in total. The highest BCUT2D eigenvalue weighted by Crippen LogP contribution is 2.27. The van der Waals surface area contributed by atoms with Gasteiger partial charge < -0.3 is 14.0 Å². The highest BCUT2D eigenvalue weighted by Gasteiger charge is 2.20. The van der Waals surface area contributed by atoms with E-state index in [1.54, 1.807) is 35.4 Å². The molecule has 0 unspecified atom stereocenters. The third-order valence-electron chi connectivity index (χ3n) is 2.88. The molecule has 2 aromatic rings. The molecule has 0 radical (unpaired) electrons. The Balaban J connectivity index is 2.14. The Morgan fingerprint density at radius 2 is 2.10 bits per heavy atom. The summed E-state index contributed by atoms with van der Waals surface area (Å²) in [6.45, 7) is 0.741. The van der Waals surface area contributed by atoms with Gasteiger partial charge in [-0.05, 0) is 12.1 Å². The Morgan fingerprint density at radius 1 is 1.29 bits per heavy atom. The Kier molecular flexibility index (Phi) is 4.81. The van der Waals surface area contributed by atoms with Crippen LogP contribution in [0.15, 0.2) is 41.8 Å². The lowest BCUT2D eigenvalue weighted by atomic mass is 10.3. The van der Waals surface area contributed by atoms with Crippen molar-refractivity contribution in [3.8, 4) is 11.5 Å². The second-order valence-electron chi connectivity index (χ2n) is 4.22. The zero-order valence-corrected chi connectivity index (χ0v) is 12.6. The van der Waals surface area contributed by atoms with Gasteiger partial charge in [-0.15, -0.1) is 0 Å². The molecule has 0 amide bonds. The number of benzene rings is 1. The molecule has 7 nitrogen and oxygen atoms in total. The molecule has 0 fully saturated rings. The normalized spacial score (nSPS) is 11.3. The molecule has 0 bridgehead atoms. The topological polar surface area (TPSA) is 82.5 Å². The van der Waals surface area contributed by atoms with Crippen molar-refractivity contribution < 1.29 is 17.9 Å². The summed E-state index contributed by atoms with van der Waals surface area (Å²) in [7, 11) is -0.778. The largest absolute Gasteiger partial charge is 0.497 e. The lowest BCUT2D eigenvalue weighted by Crippen LogP contribution is -2.27. The van der Waals surface area contributed by atoms with Crippen LogP contribution in [0.2, 0.25) is 0 Å². The molecular formula is C13H17N3O4S. The van der Waals surface area contributed by atoms with Crippen LogP contribution in [0.5, 0.6) is 11.5 Å². The fourth-order valence-corrected chi connectivity index (χ4v) is 3.00. The maximum Gasteiger partial charge on any atom is 0.244 e. The number of imidazole rings is 1. The maximum absolute atomic E-state index is 12.3. The molecular weight excluding hydrogens is 294 g/mol. The predicted octanol–water partition coefficient (Wildman–Crippen LogP) is 0.879. The number of nitrogens with one attached hydrogen (secondary N) is 1. The average molecular weight is 311 g/mol. The van der Waals surface area contributed by atoms with Crippen molar-refractivity contribution in [2.24, 2.45) is 0 Å². The molecule has 8 heteroatoms. The molecule has 0 saturated carbocycles. The Morgan fingerprint density at radius 3 is 2.71 bits per heavy atom. The number of hydrogen-bond acceptors (Lipinski definition) is 5. The summed E-state index contributed by atoms with van der Waals surface area (Å²) < 4.78 is 39.1. The van der Waals surface area contributed by atoms with Gasteiger partial charge in [-0.25, -0.2) is 18.1 Å². The van der Waals surface area contributed by atoms with E-state index >= 15 is 0 Å². The van der Waals surface area contributed by atoms with Gasteiger partial charge in [0.2, 0.25) is 10.0 Å². The summed E-state index contributed by atoms with van der Waals surface area (Å²) in [4.78, 5) is 3.95. The van der Waals surface area contributed by atoms with Gasteiger partial charge in [-0.2, -0.15) is 0 Å². The van der Waals surface area contributed by atoms with E-state index in [0.29, 0.717) is 12.3 Å². The van der Waals surface area contributed by atoms with Gasteiger partial charge in [-0.3, -0.25) is 0 Å². The summed E-state index contributed by atoms with van der Waals surface area (Å²) in [6, 6.07) is 4.63. The lowest BCUT2D eigenvalue weighted by molar-refractivity contribution is 0.392. The van der Waals surface area contributed by atoms with Crippen LogP contribution in [0.1, 0.15) is 0 Å². The minimum absolute atomic E-state index is 0.0509. The second-order valence-corrected chi connectivity index (χ2v) is 5.95. The standard InChI is InChI=1S/C13H17N3O4S/c1-19-11-3-4-12(20-2)13(9-11)21(17,18)15-6-8-16-7-5-14-10-16/h3-5,7,9-10,15H,6,8H2,1-2H3. The predicted molar refractivity (Wildman–Crippen MR) is 77.0 cm³/mol. The number of methoxy groups -OCH3 is 2. The first-order chi connectivity index (χ1) is 10.1. The van der Waals surface area contributed by atoms with Crippen LogP contribution in [0.4, 0.5) is 0 Å². The van der Waals surface area contributed by atoms with E-state index in [0.717, 1.165) is 0 Å². The molecule has 0 aliphatic rings. The highest BCUT2D eigenvalue weighted by atomic mass is 32.2. The van der Waals surface area contributed by atoms with Gasteiger partial charge in [0.15, 0.2) is 0 Å². The van der Waals surface area contributed by atoms with E-state index in [-0.39, 0.29) is 17.2 Å². The second kappa shape index (κ2) is 6.59. The van der Waals surface area contributed by atoms with Crippen molar-refractivity contribution in [2.75, 3.05) is 20.8 Å². The molecule has 1 heterocycles. The molecule has 2 rings (SSSR count). The van der Waals surface area contributed by atoms with Crippen LogP contribution in [0.3, 0.4) is 0 Å². The van der Waals surface area contributed by atoms with Gasteiger partial charge in [-0.1, -0.05) is 0 Å². The van der Waals surface area contributed by atoms with Crippen LogP contribution in [-0.2, 0) is 16.6 Å². The number of aromatic nitrogens is 2. The first kappa shape index (κ1) is 15.3. The number of sulfonamides is 1. The number of ether oxygens (including phenoxy) is 2. The molecule has 0 saturated heterocycles. The third-order valence-corrected chi connectivity index (χ3v) is 4.36. The van der Waals surface area contributed by atoms with Gasteiger partial charge in [0.25, 0.3) is 0 Å². The van der Waals surface area contributed by atoms with Crippen molar-refractivity contribution in [3.05, 3.63) is 36.9 Å². The molecule has 0 aliphatic heterocycles.